The Labute approximate surface area is 133 Å². The number of ether oxygens (including phenoxy) is 2. The first kappa shape index (κ1) is 15.7. The molecule has 3 nitrogen and oxygen atoms in total. The first-order valence-corrected chi connectivity index (χ1v) is 7.02. The molecule has 2 aromatic rings. The Morgan fingerprint density at radius 2 is 1.81 bits per heavy atom. The topological polar surface area (TPSA) is 35.5 Å². The zero-order valence-corrected chi connectivity index (χ0v) is 13.2. The minimum Gasteiger partial charge on any atom is -0.493 e. The molecule has 0 N–H and O–H groups in total. The number of hydrogen-bond donors (Lipinski definition) is 0. The maximum atomic E-state index is 11.4. The molecule has 0 atom stereocenters. The highest BCUT2D eigenvalue weighted by atomic mass is 35.5. The molecule has 0 aromatic heterocycles. The van der Waals surface area contributed by atoms with Gasteiger partial charge in [-0.15, -0.1) is 0 Å². The second kappa shape index (κ2) is 6.83. The van der Waals surface area contributed by atoms with Gasteiger partial charge in [0, 0.05) is 5.56 Å². The number of Topliss-reactive ketones (excluding diaryl/α,β-unsaturated/α-hetero) is 1. The second-order valence-electron chi connectivity index (χ2n) is 4.46. The number of carbonyl (C=O) groups is 1. The Kier molecular flexibility index (Phi) is 5.10. The van der Waals surface area contributed by atoms with Gasteiger partial charge in [-0.1, -0.05) is 29.3 Å². The number of methoxy groups -OCH3 is 1. The fraction of sp³-hybridized carbons (Fsp3) is 0.188. The van der Waals surface area contributed by atoms with Gasteiger partial charge < -0.3 is 9.47 Å². The van der Waals surface area contributed by atoms with E-state index in [2.05, 4.69) is 0 Å². The van der Waals surface area contributed by atoms with Crippen molar-refractivity contribution in [2.24, 2.45) is 0 Å². The summed E-state index contributed by atoms with van der Waals surface area (Å²) < 4.78 is 10.9. The molecular weight excluding hydrogens is 311 g/mol. The van der Waals surface area contributed by atoms with Gasteiger partial charge in [-0.05, 0) is 42.8 Å². The van der Waals surface area contributed by atoms with Crippen molar-refractivity contribution in [3.05, 3.63) is 57.6 Å². The van der Waals surface area contributed by atoms with Crippen molar-refractivity contribution in [2.45, 2.75) is 13.5 Å². The molecule has 21 heavy (non-hydrogen) atoms. The van der Waals surface area contributed by atoms with Crippen LogP contribution in [0.3, 0.4) is 0 Å². The quantitative estimate of drug-likeness (QED) is 0.742. The molecule has 0 aliphatic rings. The molecule has 0 saturated carbocycles. The molecule has 0 spiro atoms. The van der Waals surface area contributed by atoms with E-state index < -0.39 is 0 Å². The summed E-state index contributed by atoms with van der Waals surface area (Å²) in [5, 5.41) is 0.987. The molecular formula is C16H14Cl2O3. The van der Waals surface area contributed by atoms with Crippen LogP contribution in [0, 0.1) is 0 Å². The summed E-state index contributed by atoms with van der Waals surface area (Å²) in [6.07, 6.45) is 0. The summed E-state index contributed by atoms with van der Waals surface area (Å²) in [6.45, 7) is 1.83. The fourth-order valence-electron chi connectivity index (χ4n) is 1.80. The number of ketones is 1. The Bertz CT molecular complexity index is 669. The number of carbonyl (C=O) groups excluding carboxylic acids is 1. The van der Waals surface area contributed by atoms with Gasteiger partial charge in [-0.25, -0.2) is 0 Å². The van der Waals surface area contributed by atoms with Crippen molar-refractivity contribution in [1.29, 1.82) is 0 Å². The lowest BCUT2D eigenvalue weighted by atomic mass is 10.1. The van der Waals surface area contributed by atoms with E-state index in [-0.39, 0.29) is 5.78 Å². The van der Waals surface area contributed by atoms with Gasteiger partial charge in [0.1, 0.15) is 6.61 Å². The van der Waals surface area contributed by atoms with Gasteiger partial charge in [-0.3, -0.25) is 4.79 Å². The fourth-order valence-corrected chi connectivity index (χ4v) is 2.12. The zero-order chi connectivity index (χ0) is 15.4. The highest BCUT2D eigenvalue weighted by Gasteiger charge is 2.09. The molecule has 2 rings (SSSR count). The Balaban J connectivity index is 2.15. The van der Waals surface area contributed by atoms with E-state index in [0.29, 0.717) is 33.7 Å². The van der Waals surface area contributed by atoms with Crippen molar-refractivity contribution in [1.82, 2.24) is 0 Å². The summed E-state index contributed by atoms with van der Waals surface area (Å²) in [7, 11) is 1.53. The lowest BCUT2D eigenvalue weighted by Crippen LogP contribution is -2.00. The summed E-state index contributed by atoms with van der Waals surface area (Å²) in [6, 6.07) is 10.4. The molecule has 2 aromatic carbocycles. The van der Waals surface area contributed by atoms with Crippen LogP contribution in [0.5, 0.6) is 11.5 Å². The zero-order valence-electron chi connectivity index (χ0n) is 11.7. The Morgan fingerprint density at radius 1 is 1.05 bits per heavy atom. The normalized spacial score (nSPS) is 10.3. The number of rotatable bonds is 5. The van der Waals surface area contributed by atoms with E-state index in [4.69, 9.17) is 32.7 Å². The molecule has 0 amide bonds. The van der Waals surface area contributed by atoms with E-state index in [1.165, 1.54) is 14.0 Å². The van der Waals surface area contributed by atoms with Crippen LogP contribution < -0.4 is 9.47 Å². The molecule has 0 aliphatic carbocycles. The van der Waals surface area contributed by atoms with Crippen LogP contribution >= 0.6 is 23.2 Å². The minimum absolute atomic E-state index is 0.0238. The van der Waals surface area contributed by atoms with E-state index in [9.17, 15) is 4.79 Å². The van der Waals surface area contributed by atoms with Crippen LogP contribution in [0.25, 0.3) is 0 Å². The third-order valence-electron chi connectivity index (χ3n) is 2.95. The van der Waals surface area contributed by atoms with Crippen LogP contribution in [0.1, 0.15) is 22.8 Å². The van der Waals surface area contributed by atoms with Crippen LogP contribution in [0.15, 0.2) is 36.4 Å². The highest BCUT2D eigenvalue weighted by Crippen LogP contribution is 2.29. The molecule has 0 heterocycles. The molecule has 0 bridgehead atoms. The minimum atomic E-state index is -0.0238. The average molecular weight is 325 g/mol. The van der Waals surface area contributed by atoms with Gasteiger partial charge >= 0.3 is 0 Å². The number of halogens is 2. The second-order valence-corrected chi connectivity index (χ2v) is 5.27. The van der Waals surface area contributed by atoms with Crippen molar-refractivity contribution in [3.8, 4) is 11.5 Å². The lowest BCUT2D eigenvalue weighted by Gasteiger charge is -2.12. The SMILES string of the molecule is COc1cc(C(C)=O)ccc1OCc1ccc(Cl)c(Cl)c1. The van der Waals surface area contributed by atoms with Crippen LogP contribution in [0.4, 0.5) is 0 Å². The maximum absolute atomic E-state index is 11.4. The Hall–Kier alpha value is -1.71. The summed E-state index contributed by atoms with van der Waals surface area (Å²) in [5.41, 5.74) is 1.47. The highest BCUT2D eigenvalue weighted by molar-refractivity contribution is 6.42. The first-order valence-electron chi connectivity index (χ1n) is 6.27. The third-order valence-corrected chi connectivity index (χ3v) is 3.69. The molecule has 0 fully saturated rings. The molecule has 110 valence electrons. The van der Waals surface area contributed by atoms with Gasteiger partial charge in [-0.2, -0.15) is 0 Å². The van der Waals surface area contributed by atoms with Crippen molar-refractivity contribution < 1.29 is 14.3 Å². The van der Waals surface area contributed by atoms with Gasteiger partial charge in [0.05, 0.1) is 17.2 Å². The van der Waals surface area contributed by atoms with Crippen LogP contribution in [-0.2, 0) is 6.61 Å². The standard InChI is InChI=1S/C16H14Cl2O3/c1-10(19)12-4-6-15(16(8-12)20-2)21-9-11-3-5-13(17)14(18)7-11/h3-8H,9H2,1-2H3. The molecule has 0 unspecified atom stereocenters. The first-order chi connectivity index (χ1) is 10.0. The molecule has 0 saturated heterocycles. The van der Waals surface area contributed by atoms with Crippen molar-refractivity contribution in [2.75, 3.05) is 7.11 Å². The molecule has 0 radical (unpaired) electrons. The Morgan fingerprint density at radius 3 is 2.43 bits per heavy atom. The summed E-state index contributed by atoms with van der Waals surface area (Å²) in [5.74, 6) is 1.06. The number of hydrogen-bond acceptors (Lipinski definition) is 3. The van der Waals surface area contributed by atoms with E-state index in [1.807, 2.05) is 6.07 Å². The average Bonchev–Trinajstić information content (AvgIpc) is 2.48. The van der Waals surface area contributed by atoms with Crippen LogP contribution in [0.2, 0.25) is 10.0 Å². The molecule has 0 aliphatic heterocycles. The monoisotopic (exact) mass is 324 g/mol. The largest absolute Gasteiger partial charge is 0.493 e. The predicted molar refractivity (Wildman–Crippen MR) is 83.8 cm³/mol. The maximum Gasteiger partial charge on any atom is 0.161 e. The van der Waals surface area contributed by atoms with Crippen molar-refractivity contribution >= 4 is 29.0 Å². The van der Waals surface area contributed by atoms with E-state index in [1.54, 1.807) is 30.3 Å². The van der Waals surface area contributed by atoms with E-state index >= 15 is 0 Å². The van der Waals surface area contributed by atoms with Crippen LogP contribution in [-0.4, -0.2) is 12.9 Å². The lowest BCUT2D eigenvalue weighted by molar-refractivity contribution is 0.101. The smallest absolute Gasteiger partial charge is 0.161 e. The number of benzene rings is 2. The van der Waals surface area contributed by atoms with Gasteiger partial charge in [0.25, 0.3) is 0 Å². The summed E-state index contributed by atoms with van der Waals surface area (Å²) >= 11 is 11.8. The molecule has 5 heteroatoms. The van der Waals surface area contributed by atoms with Gasteiger partial charge in [0.15, 0.2) is 17.3 Å². The third kappa shape index (κ3) is 3.90. The van der Waals surface area contributed by atoms with Gasteiger partial charge in [0.2, 0.25) is 0 Å². The van der Waals surface area contributed by atoms with Crippen molar-refractivity contribution in [3.63, 3.8) is 0 Å². The predicted octanol–water partition coefficient (Wildman–Crippen LogP) is 4.78. The summed E-state index contributed by atoms with van der Waals surface area (Å²) in [4.78, 5) is 11.4. The van der Waals surface area contributed by atoms with E-state index in [0.717, 1.165) is 5.56 Å².